The predicted molar refractivity (Wildman–Crippen MR) is 66.4 cm³/mol. The molecule has 2 N–H and O–H groups in total. The van der Waals surface area contributed by atoms with Gasteiger partial charge in [0.15, 0.2) is 0 Å². The zero-order chi connectivity index (χ0) is 15.6. The van der Waals surface area contributed by atoms with Crippen LogP contribution >= 0.6 is 0 Å². The van der Waals surface area contributed by atoms with E-state index in [0.29, 0.717) is 6.07 Å². The van der Waals surface area contributed by atoms with Crippen LogP contribution in [0.4, 0.5) is 17.6 Å². The Morgan fingerprint density at radius 1 is 1.33 bits per heavy atom. The SMILES string of the molecule is NC(=O)CCn1cc(-c2cccc(C(F)(F)F)c2F)cn1. The van der Waals surface area contributed by atoms with Gasteiger partial charge < -0.3 is 5.73 Å². The molecule has 0 fully saturated rings. The van der Waals surface area contributed by atoms with Gasteiger partial charge in [0.1, 0.15) is 5.82 Å². The number of aryl methyl sites for hydroxylation is 1. The first-order chi connectivity index (χ1) is 9.79. The number of alkyl halides is 3. The third kappa shape index (κ3) is 3.39. The lowest BCUT2D eigenvalue weighted by atomic mass is 10.0. The average molecular weight is 301 g/mol. The van der Waals surface area contributed by atoms with Crippen molar-refractivity contribution in [3.8, 4) is 11.1 Å². The third-order valence-corrected chi connectivity index (χ3v) is 2.84. The maximum absolute atomic E-state index is 13.9. The summed E-state index contributed by atoms with van der Waals surface area (Å²) in [4.78, 5) is 10.7. The number of amides is 1. The summed E-state index contributed by atoms with van der Waals surface area (Å²) in [6.45, 7) is 0.177. The van der Waals surface area contributed by atoms with Crippen LogP contribution in [0.15, 0.2) is 30.6 Å². The van der Waals surface area contributed by atoms with E-state index < -0.39 is 23.5 Å². The maximum Gasteiger partial charge on any atom is 0.419 e. The molecule has 0 unspecified atom stereocenters. The highest BCUT2D eigenvalue weighted by Crippen LogP contribution is 2.35. The Morgan fingerprint density at radius 3 is 2.67 bits per heavy atom. The highest BCUT2D eigenvalue weighted by atomic mass is 19.4. The minimum Gasteiger partial charge on any atom is -0.370 e. The molecule has 1 aromatic carbocycles. The van der Waals surface area contributed by atoms with Gasteiger partial charge in [-0.3, -0.25) is 9.48 Å². The van der Waals surface area contributed by atoms with E-state index in [4.69, 9.17) is 5.73 Å². The Kier molecular flexibility index (Phi) is 3.97. The minimum atomic E-state index is -4.76. The van der Waals surface area contributed by atoms with E-state index >= 15 is 0 Å². The van der Waals surface area contributed by atoms with Gasteiger partial charge in [-0.25, -0.2) is 4.39 Å². The molecule has 0 saturated carbocycles. The lowest BCUT2D eigenvalue weighted by Crippen LogP contribution is -2.14. The Hall–Kier alpha value is -2.38. The normalized spacial score (nSPS) is 11.6. The number of rotatable bonds is 4. The van der Waals surface area contributed by atoms with E-state index in [-0.39, 0.29) is 24.1 Å². The number of nitrogens with two attached hydrogens (primary N) is 1. The van der Waals surface area contributed by atoms with Crippen LogP contribution < -0.4 is 5.73 Å². The van der Waals surface area contributed by atoms with E-state index in [9.17, 15) is 22.4 Å². The first kappa shape index (κ1) is 15.0. The molecular weight excluding hydrogens is 290 g/mol. The fourth-order valence-electron chi connectivity index (χ4n) is 1.82. The van der Waals surface area contributed by atoms with Crippen LogP contribution in [0.3, 0.4) is 0 Å². The first-order valence-electron chi connectivity index (χ1n) is 5.96. The molecule has 1 aromatic heterocycles. The zero-order valence-electron chi connectivity index (χ0n) is 10.7. The Labute approximate surface area is 117 Å². The predicted octanol–water partition coefficient (Wildman–Crippen LogP) is 2.58. The Morgan fingerprint density at radius 2 is 2.05 bits per heavy atom. The van der Waals surface area contributed by atoms with Crippen molar-refractivity contribution in [3.63, 3.8) is 0 Å². The molecule has 0 atom stereocenters. The number of carbonyl (C=O) groups is 1. The van der Waals surface area contributed by atoms with Crippen LogP contribution in [0, 0.1) is 5.82 Å². The van der Waals surface area contributed by atoms with Gasteiger partial charge in [0.2, 0.25) is 5.91 Å². The second-order valence-electron chi connectivity index (χ2n) is 4.37. The summed E-state index contributed by atoms with van der Waals surface area (Å²) in [6, 6.07) is 3.04. The Balaban J connectivity index is 2.33. The number of nitrogens with zero attached hydrogens (tertiary/aromatic N) is 2. The largest absolute Gasteiger partial charge is 0.419 e. The van der Waals surface area contributed by atoms with Crippen LogP contribution in [0.5, 0.6) is 0 Å². The second-order valence-corrected chi connectivity index (χ2v) is 4.37. The monoisotopic (exact) mass is 301 g/mol. The van der Waals surface area contributed by atoms with E-state index in [2.05, 4.69) is 5.10 Å². The van der Waals surface area contributed by atoms with Crippen LogP contribution in [-0.2, 0) is 17.5 Å². The standard InChI is InChI=1S/C13H11F4N3O/c14-12-9(2-1-3-10(12)13(15,16)17)8-6-19-20(7-8)5-4-11(18)21/h1-3,6-7H,4-5H2,(H2,18,21). The van der Waals surface area contributed by atoms with Crippen molar-refractivity contribution in [1.82, 2.24) is 9.78 Å². The molecule has 1 amide bonds. The topological polar surface area (TPSA) is 60.9 Å². The number of halogens is 4. The van der Waals surface area contributed by atoms with E-state index in [1.54, 1.807) is 0 Å². The molecule has 112 valence electrons. The molecule has 0 saturated heterocycles. The van der Waals surface area contributed by atoms with Crippen molar-refractivity contribution in [1.29, 1.82) is 0 Å². The molecule has 0 radical (unpaired) electrons. The van der Waals surface area contributed by atoms with Gasteiger partial charge in [-0.05, 0) is 6.07 Å². The maximum atomic E-state index is 13.9. The average Bonchev–Trinajstić information content (AvgIpc) is 2.83. The summed E-state index contributed by atoms with van der Waals surface area (Å²) in [6.07, 6.45) is -2.13. The van der Waals surface area contributed by atoms with Crippen molar-refractivity contribution in [2.75, 3.05) is 0 Å². The molecule has 0 aliphatic carbocycles. The molecule has 2 aromatic rings. The summed E-state index contributed by atoms with van der Waals surface area (Å²) in [5.41, 5.74) is 3.65. The van der Waals surface area contributed by atoms with Gasteiger partial charge in [0.25, 0.3) is 0 Å². The second kappa shape index (κ2) is 5.55. The number of carbonyl (C=O) groups excluding carboxylic acids is 1. The summed E-state index contributed by atoms with van der Waals surface area (Å²) >= 11 is 0. The van der Waals surface area contributed by atoms with Gasteiger partial charge >= 0.3 is 6.18 Å². The fourth-order valence-corrected chi connectivity index (χ4v) is 1.82. The van der Waals surface area contributed by atoms with Crippen LogP contribution in [0.25, 0.3) is 11.1 Å². The van der Waals surface area contributed by atoms with Crippen molar-refractivity contribution < 1.29 is 22.4 Å². The first-order valence-corrected chi connectivity index (χ1v) is 5.96. The van der Waals surface area contributed by atoms with E-state index in [1.807, 2.05) is 0 Å². The number of hydrogen-bond acceptors (Lipinski definition) is 2. The summed E-state index contributed by atoms with van der Waals surface area (Å²) in [7, 11) is 0. The van der Waals surface area contributed by atoms with Gasteiger partial charge in [-0.2, -0.15) is 18.3 Å². The third-order valence-electron chi connectivity index (χ3n) is 2.84. The van der Waals surface area contributed by atoms with Gasteiger partial charge in [-0.15, -0.1) is 0 Å². The van der Waals surface area contributed by atoms with Gasteiger partial charge in [0, 0.05) is 30.3 Å². The van der Waals surface area contributed by atoms with Crippen LogP contribution in [0.2, 0.25) is 0 Å². The zero-order valence-corrected chi connectivity index (χ0v) is 10.7. The highest BCUT2D eigenvalue weighted by Gasteiger charge is 2.35. The molecule has 2 rings (SSSR count). The minimum absolute atomic E-state index is 0.0339. The fraction of sp³-hybridized carbons (Fsp3) is 0.231. The lowest BCUT2D eigenvalue weighted by molar-refractivity contribution is -0.139. The molecule has 1 heterocycles. The van der Waals surface area contributed by atoms with Gasteiger partial charge in [0.05, 0.1) is 11.8 Å². The molecule has 0 aliphatic rings. The molecule has 8 heteroatoms. The van der Waals surface area contributed by atoms with Crippen molar-refractivity contribution >= 4 is 5.91 Å². The Bertz CT molecular complexity index is 664. The lowest BCUT2D eigenvalue weighted by Gasteiger charge is -2.10. The molecular formula is C13H11F4N3O. The van der Waals surface area contributed by atoms with Crippen molar-refractivity contribution in [3.05, 3.63) is 42.0 Å². The summed E-state index contributed by atoms with van der Waals surface area (Å²) in [5.74, 6) is -1.88. The van der Waals surface area contributed by atoms with Crippen LogP contribution in [-0.4, -0.2) is 15.7 Å². The molecule has 0 bridgehead atoms. The number of primary amides is 1. The van der Waals surface area contributed by atoms with Gasteiger partial charge in [-0.1, -0.05) is 12.1 Å². The highest BCUT2D eigenvalue weighted by molar-refractivity contribution is 5.73. The van der Waals surface area contributed by atoms with Crippen LogP contribution in [0.1, 0.15) is 12.0 Å². The number of hydrogen-bond donors (Lipinski definition) is 1. The van der Waals surface area contributed by atoms with E-state index in [1.165, 1.54) is 23.1 Å². The smallest absolute Gasteiger partial charge is 0.370 e. The van der Waals surface area contributed by atoms with E-state index in [0.717, 1.165) is 6.07 Å². The summed E-state index contributed by atoms with van der Waals surface area (Å²) in [5, 5.41) is 3.86. The molecule has 0 aliphatic heterocycles. The van der Waals surface area contributed by atoms with Crippen molar-refractivity contribution in [2.45, 2.75) is 19.1 Å². The number of aromatic nitrogens is 2. The molecule has 0 spiro atoms. The quantitative estimate of drug-likeness (QED) is 0.882. The number of benzene rings is 1. The molecule has 4 nitrogen and oxygen atoms in total. The molecule has 21 heavy (non-hydrogen) atoms. The summed E-state index contributed by atoms with van der Waals surface area (Å²) < 4.78 is 53.2. The van der Waals surface area contributed by atoms with Crippen molar-refractivity contribution in [2.24, 2.45) is 5.73 Å².